The van der Waals surface area contributed by atoms with Gasteiger partial charge in [0.05, 0.1) is 25.0 Å². The first-order chi connectivity index (χ1) is 9.38. The first kappa shape index (κ1) is 15.1. The molecule has 112 valence electrons. The first-order valence-electron chi connectivity index (χ1n) is 6.42. The summed E-state index contributed by atoms with van der Waals surface area (Å²) in [5.41, 5.74) is 0.860. The van der Waals surface area contributed by atoms with Crippen LogP contribution in [0.1, 0.15) is 5.69 Å². The van der Waals surface area contributed by atoms with E-state index in [0.29, 0.717) is 19.2 Å². The zero-order chi connectivity index (χ0) is 14.8. The normalized spacial score (nSPS) is 23.2. The van der Waals surface area contributed by atoms with Gasteiger partial charge in [-0.1, -0.05) is 0 Å². The molecule has 0 amide bonds. The van der Waals surface area contributed by atoms with Gasteiger partial charge in [0.25, 0.3) is 0 Å². The molecule has 2 rings (SSSR count). The van der Waals surface area contributed by atoms with E-state index in [2.05, 4.69) is 15.3 Å². The summed E-state index contributed by atoms with van der Waals surface area (Å²) in [6.45, 7) is 2.77. The van der Waals surface area contributed by atoms with Gasteiger partial charge in [-0.25, -0.2) is 22.7 Å². The Hall–Kier alpha value is -1.25. The second-order valence-electron chi connectivity index (χ2n) is 5.13. The molecule has 1 N–H and O–H groups in total. The molecule has 0 aromatic carbocycles. The lowest BCUT2D eigenvalue weighted by Gasteiger charge is -2.20. The molecular formula is C12H20N4O3S. The number of aromatic nitrogens is 2. The SMILES string of the molecule is Cc1ccnc(N[C@@H]2COC[C@H]2CS(=O)(=O)N(C)C)n1. The molecule has 1 fully saturated rings. The van der Waals surface area contributed by atoms with Crippen LogP contribution < -0.4 is 5.32 Å². The zero-order valence-corrected chi connectivity index (χ0v) is 12.7. The molecule has 0 unspecified atom stereocenters. The molecule has 0 spiro atoms. The maximum Gasteiger partial charge on any atom is 0.223 e. The third kappa shape index (κ3) is 3.65. The van der Waals surface area contributed by atoms with E-state index >= 15 is 0 Å². The van der Waals surface area contributed by atoms with Crippen molar-refractivity contribution in [3.63, 3.8) is 0 Å². The molecule has 1 aromatic heterocycles. The minimum atomic E-state index is -3.24. The van der Waals surface area contributed by atoms with E-state index in [1.165, 1.54) is 18.4 Å². The molecule has 2 heterocycles. The van der Waals surface area contributed by atoms with Crippen LogP contribution in [0.25, 0.3) is 0 Å². The number of hydrogen-bond acceptors (Lipinski definition) is 6. The Bertz CT molecular complexity index is 562. The molecule has 1 aliphatic heterocycles. The van der Waals surface area contributed by atoms with Gasteiger partial charge in [-0.15, -0.1) is 0 Å². The van der Waals surface area contributed by atoms with Crippen molar-refractivity contribution in [2.24, 2.45) is 5.92 Å². The molecule has 1 saturated heterocycles. The Morgan fingerprint density at radius 1 is 1.45 bits per heavy atom. The van der Waals surface area contributed by atoms with Gasteiger partial charge in [-0.05, 0) is 13.0 Å². The molecule has 8 heteroatoms. The summed E-state index contributed by atoms with van der Waals surface area (Å²) in [7, 11) is -0.165. The molecule has 20 heavy (non-hydrogen) atoms. The molecule has 2 atom stereocenters. The van der Waals surface area contributed by atoms with Gasteiger partial charge in [0.2, 0.25) is 16.0 Å². The summed E-state index contributed by atoms with van der Waals surface area (Å²) in [6, 6.07) is 1.72. The lowest BCUT2D eigenvalue weighted by Crippen LogP contribution is -2.37. The lowest BCUT2D eigenvalue weighted by atomic mass is 10.1. The number of nitrogens with zero attached hydrogens (tertiary/aromatic N) is 3. The van der Waals surface area contributed by atoms with Crippen molar-refractivity contribution in [2.45, 2.75) is 13.0 Å². The molecule has 0 saturated carbocycles. The van der Waals surface area contributed by atoms with Crippen LogP contribution in [0.3, 0.4) is 0 Å². The quantitative estimate of drug-likeness (QED) is 0.830. The number of nitrogens with one attached hydrogen (secondary N) is 1. The van der Waals surface area contributed by atoms with Gasteiger partial charge in [-0.3, -0.25) is 0 Å². The van der Waals surface area contributed by atoms with E-state index in [-0.39, 0.29) is 17.7 Å². The van der Waals surface area contributed by atoms with E-state index in [9.17, 15) is 8.42 Å². The predicted molar refractivity (Wildman–Crippen MR) is 76.0 cm³/mol. The van der Waals surface area contributed by atoms with Crippen molar-refractivity contribution in [1.82, 2.24) is 14.3 Å². The van der Waals surface area contributed by atoms with Crippen LogP contribution in [0.4, 0.5) is 5.95 Å². The first-order valence-corrected chi connectivity index (χ1v) is 8.03. The molecule has 0 aliphatic carbocycles. The fourth-order valence-corrected chi connectivity index (χ4v) is 3.19. The van der Waals surface area contributed by atoms with E-state index < -0.39 is 10.0 Å². The van der Waals surface area contributed by atoms with Gasteiger partial charge in [0.1, 0.15) is 0 Å². The summed E-state index contributed by atoms with van der Waals surface area (Å²) in [6.07, 6.45) is 1.67. The standard InChI is InChI=1S/C12H20N4O3S/c1-9-4-5-13-12(14-9)15-11-7-19-6-10(11)8-20(17,18)16(2)3/h4-5,10-11H,6-8H2,1-3H3,(H,13,14,15)/t10-,11+/m0/s1. The van der Waals surface area contributed by atoms with Crippen molar-refractivity contribution < 1.29 is 13.2 Å². The van der Waals surface area contributed by atoms with Gasteiger partial charge < -0.3 is 10.1 Å². The van der Waals surface area contributed by atoms with Gasteiger partial charge >= 0.3 is 0 Å². The highest BCUT2D eigenvalue weighted by atomic mass is 32.2. The van der Waals surface area contributed by atoms with Crippen LogP contribution in [0.15, 0.2) is 12.3 Å². The minimum absolute atomic E-state index is 0.0590. The third-order valence-corrected chi connectivity index (χ3v) is 5.25. The van der Waals surface area contributed by atoms with Crippen LogP contribution in [0.5, 0.6) is 0 Å². The highest BCUT2D eigenvalue weighted by Crippen LogP contribution is 2.20. The van der Waals surface area contributed by atoms with E-state index in [1.807, 2.05) is 13.0 Å². The van der Waals surface area contributed by atoms with Crippen molar-refractivity contribution >= 4 is 16.0 Å². The summed E-state index contributed by atoms with van der Waals surface area (Å²) in [5.74, 6) is 0.461. The Labute approximate surface area is 119 Å². The molecule has 1 aromatic rings. The molecule has 7 nitrogen and oxygen atoms in total. The number of hydrogen-bond donors (Lipinski definition) is 1. The second-order valence-corrected chi connectivity index (χ2v) is 7.36. The number of sulfonamides is 1. The Kier molecular flexibility index (Phi) is 4.56. The van der Waals surface area contributed by atoms with Crippen LogP contribution >= 0.6 is 0 Å². The largest absolute Gasteiger partial charge is 0.379 e. The van der Waals surface area contributed by atoms with E-state index in [0.717, 1.165) is 5.69 Å². The van der Waals surface area contributed by atoms with Crippen molar-refractivity contribution in [1.29, 1.82) is 0 Å². The summed E-state index contributed by atoms with van der Waals surface area (Å²) < 4.78 is 30.5. The fourth-order valence-electron chi connectivity index (χ4n) is 2.03. The highest BCUT2D eigenvalue weighted by Gasteiger charge is 2.33. The lowest BCUT2D eigenvalue weighted by molar-refractivity contribution is 0.187. The molecular weight excluding hydrogens is 280 g/mol. The maximum atomic E-state index is 11.9. The molecule has 1 aliphatic rings. The highest BCUT2D eigenvalue weighted by molar-refractivity contribution is 7.89. The predicted octanol–water partition coefficient (Wildman–Crippen LogP) is 0.103. The number of aryl methyl sites for hydroxylation is 1. The van der Waals surface area contributed by atoms with E-state index in [4.69, 9.17) is 4.74 Å². The fraction of sp³-hybridized carbons (Fsp3) is 0.667. The van der Waals surface area contributed by atoms with Gasteiger partial charge in [0.15, 0.2) is 0 Å². The molecule has 0 radical (unpaired) electrons. The van der Waals surface area contributed by atoms with Gasteiger partial charge in [0, 0.05) is 31.9 Å². The Morgan fingerprint density at radius 3 is 2.85 bits per heavy atom. The zero-order valence-electron chi connectivity index (χ0n) is 11.9. The van der Waals surface area contributed by atoms with Crippen molar-refractivity contribution in [3.8, 4) is 0 Å². The Morgan fingerprint density at radius 2 is 2.20 bits per heavy atom. The average molecular weight is 300 g/mol. The monoisotopic (exact) mass is 300 g/mol. The van der Waals surface area contributed by atoms with Gasteiger partial charge in [-0.2, -0.15) is 0 Å². The number of anilines is 1. The average Bonchev–Trinajstić information content (AvgIpc) is 2.75. The topological polar surface area (TPSA) is 84.4 Å². The number of ether oxygens (including phenoxy) is 1. The van der Waals surface area contributed by atoms with Crippen LogP contribution in [0, 0.1) is 12.8 Å². The number of rotatable bonds is 5. The minimum Gasteiger partial charge on any atom is -0.379 e. The Balaban J connectivity index is 2.04. The maximum absolute atomic E-state index is 11.9. The van der Waals surface area contributed by atoms with E-state index in [1.54, 1.807) is 6.20 Å². The summed E-state index contributed by atoms with van der Waals surface area (Å²) in [5, 5.41) is 3.16. The smallest absolute Gasteiger partial charge is 0.223 e. The van der Waals surface area contributed by atoms with Crippen LogP contribution in [-0.4, -0.2) is 61.8 Å². The third-order valence-electron chi connectivity index (χ3n) is 3.29. The van der Waals surface area contributed by atoms with Crippen LogP contribution in [0.2, 0.25) is 0 Å². The van der Waals surface area contributed by atoms with Crippen LogP contribution in [-0.2, 0) is 14.8 Å². The van der Waals surface area contributed by atoms with Crippen molar-refractivity contribution in [2.75, 3.05) is 38.4 Å². The second kappa shape index (κ2) is 6.02. The summed E-state index contributed by atoms with van der Waals surface area (Å²) in [4.78, 5) is 8.40. The van der Waals surface area contributed by atoms with Crippen molar-refractivity contribution in [3.05, 3.63) is 18.0 Å². The summed E-state index contributed by atoms with van der Waals surface area (Å²) >= 11 is 0. The molecule has 0 bridgehead atoms.